The minimum Gasteiger partial charge on any atom is -0.354 e. The minimum absolute atomic E-state index is 0.0715. The number of nitrogens with one attached hydrogen (secondary N) is 2. The average Bonchev–Trinajstić information content (AvgIpc) is 2.98. The molecular formula is C15H23N3O4S. The average molecular weight is 341 g/mol. The molecule has 1 saturated heterocycles. The summed E-state index contributed by atoms with van der Waals surface area (Å²) in [7, 11) is -3.15. The third-order valence-electron chi connectivity index (χ3n) is 4.07. The number of hydrogen-bond acceptors (Lipinski definition) is 4. The van der Waals surface area contributed by atoms with Crippen molar-refractivity contribution in [3.63, 3.8) is 0 Å². The van der Waals surface area contributed by atoms with E-state index in [2.05, 4.69) is 10.3 Å². The number of aryl methyl sites for hydroxylation is 1. The van der Waals surface area contributed by atoms with Gasteiger partial charge in [0.25, 0.3) is 5.91 Å². The van der Waals surface area contributed by atoms with Crippen molar-refractivity contribution in [2.45, 2.75) is 33.6 Å². The zero-order chi connectivity index (χ0) is 17.2. The molecule has 1 fully saturated rings. The highest BCUT2D eigenvalue weighted by Gasteiger charge is 2.28. The van der Waals surface area contributed by atoms with E-state index in [4.69, 9.17) is 0 Å². The molecule has 0 atom stereocenters. The monoisotopic (exact) mass is 341 g/mol. The van der Waals surface area contributed by atoms with Crippen molar-refractivity contribution >= 4 is 21.7 Å². The molecule has 23 heavy (non-hydrogen) atoms. The summed E-state index contributed by atoms with van der Waals surface area (Å²) in [5.41, 5.74) is 2.35. The number of sulfonamides is 1. The van der Waals surface area contributed by atoms with Crippen LogP contribution in [-0.2, 0) is 16.4 Å². The first-order chi connectivity index (χ1) is 10.8. The molecule has 0 saturated carbocycles. The molecule has 0 bridgehead atoms. The lowest BCUT2D eigenvalue weighted by Gasteiger charge is -2.14. The number of ketones is 1. The number of nitrogens with zero attached hydrogens (tertiary/aromatic N) is 1. The van der Waals surface area contributed by atoms with Crippen LogP contribution in [0.25, 0.3) is 0 Å². The Bertz CT molecular complexity index is 721. The van der Waals surface area contributed by atoms with Gasteiger partial charge in [-0.25, -0.2) is 12.7 Å². The molecule has 1 aromatic heterocycles. The molecule has 2 rings (SSSR count). The summed E-state index contributed by atoms with van der Waals surface area (Å²) >= 11 is 0. The number of aromatic amines is 1. The van der Waals surface area contributed by atoms with E-state index in [-0.39, 0.29) is 30.5 Å². The summed E-state index contributed by atoms with van der Waals surface area (Å²) in [6.45, 7) is 6.17. The number of Topliss-reactive ketones (excluding diaryl/α,β-unsaturated/α-hetero) is 1. The van der Waals surface area contributed by atoms with Gasteiger partial charge in [-0.05, 0) is 32.3 Å². The number of amides is 1. The summed E-state index contributed by atoms with van der Waals surface area (Å²) in [6.07, 6.45) is 1.20. The van der Waals surface area contributed by atoms with E-state index in [1.807, 2.05) is 6.92 Å². The number of rotatable bonds is 6. The van der Waals surface area contributed by atoms with Crippen LogP contribution in [0.3, 0.4) is 0 Å². The second-order valence-electron chi connectivity index (χ2n) is 5.71. The van der Waals surface area contributed by atoms with Crippen LogP contribution in [0.15, 0.2) is 0 Å². The van der Waals surface area contributed by atoms with Gasteiger partial charge in [0.1, 0.15) is 5.69 Å². The SMILES string of the molecule is CCc1c(C(=O)NCCN2CCCS2(=O)=O)[nH]c(C)c1C(C)=O. The first kappa shape index (κ1) is 17.7. The van der Waals surface area contributed by atoms with Gasteiger partial charge in [0.2, 0.25) is 10.0 Å². The van der Waals surface area contributed by atoms with Crippen molar-refractivity contribution in [3.8, 4) is 0 Å². The molecule has 1 amide bonds. The molecule has 2 N–H and O–H groups in total. The molecule has 2 heterocycles. The van der Waals surface area contributed by atoms with Gasteiger partial charge in [-0.1, -0.05) is 6.92 Å². The summed E-state index contributed by atoms with van der Waals surface area (Å²) in [5.74, 6) is -0.203. The Morgan fingerprint density at radius 3 is 2.57 bits per heavy atom. The number of carbonyl (C=O) groups excluding carboxylic acids is 2. The molecule has 0 aromatic carbocycles. The van der Waals surface area contributed by atoms with Crippen LogP contribution < -0.4 is 5.32 Å². The molecule has 0 unspecified atom stereocenters. The lowest BCUT2D eigenvalue weighted by atomic mass is 10.0. The van der Waals surface area contributed by atoms with Gasteiger partial charge in [0.15, 0.2) is 5.78 Å². The molecule has 1 aliphatic heterocycles. The lowest BCUT2D eigenvalue weighted by Crippen LogP contribution is -2.36. The van der Waals surface area contributed by atoms with E-state index in [1.165, 1.54) is 11.2 Å². The number of H-pyrrole nitrogens is 1. The zero-order valence-corrected chi connectivity index (χ0v) is 14.5. The molecule has 0 aliphatic carbocycles. The summed E-state index contributed by atoms with van der Waals surface area (Å²) in [5, 5.41) is 2.73. The van der Waals surface area contributed by atoms with Crippen molar-refractivity contribution in [2.24, 2.45) is 0 Å². The third-order valence-corrected chi connectivity index (χ3v) is 6.03. The molecule has 1 aromatic rings. The molecule has 8 heteroatoms. The van der Waals surface area contributed by atoms with E-state index < -0.39 is 10.0 Å². The fraction of sp³-hybridized carbons (Fsp3) is 0.600. The number of aromatic nitrogens is 1. The Morgan fingerprint density at radius 2 is 2.04 bits per heavy atom. The highest BCUT2D eigenvalue weighted by molar-refractivity contribution is 7.89. The van der Waals surface area contributed by atoms with Crippen molar-refractivity contribution in [3.05, 3.63) is 22.5 Å². The molecular weight excluding hydrogens is 318 g/mol. The van der Waals surface area contributed by atoms with Gasteiger partial charge in [-0.15, -0.1) is 0 Å². The number of hydrogen-bond donors (Lipinski definition) is 2. The first-order valence-corrected chi connectivity index (χ1v) is 9.37. The molecule has 1 aliphatic rings. The van der Waals surface area contributed by atoms with Crippen LogP contribution >= 0.6 is 0 Å². The Kier molecular flexibility index (Phi) is 5.26. The smallest absolute Gasteiger partial charge is 0.268 e. The minimum atomic E-state index is -3.15. The molecule has 128 valence electrons. The maximum Gasteiger partial charge on any atom is 0.268 e. The Morgan fingerprint density at radius 1 is 1.35 bits per heavy atom. The lowest BCUT2D eigenvalue weighted by molar-refractivity contribution is 0.0946. The second kappa shape index (κ2) is 6.84. The van der Waals surface area contributed by atoms with Crippen molar-refractivity contribution in [1.82, 2.24) is 14.6 Å². The Labute approximate surface area is 136 Å². The topological polar surface area (TPSA) is 99.3 Å². The van der Waals surface area contributed by atoms with Crippen LogP contribution in [-0.4, -0.2) is 54.8 Å². The zero-order valence-electron chi connectivity index (χ0n) is 13.7. The standard InChI is InChI=1S/C15H23N3O4S/c1-4-12-13(11(3)19)10(2)17-14(12)15(20)16-6-8-18-7-5-9-23(18,21)22/h17H,4-9H2,1-3H3,(H,16,20). The molecule has 7 nitrogen and oxygen atoms in total. The third kappa shape index (κ3) is 3.64. The molecule has 0 radical (unpaired) electrons. The predicted octanol–water partition coefficient (Wildman–Crippen LogP) is 0.853. The second-order valence-corrected chi connectivity index (χ2v) is 7.80. The normalized spacial score (nSPS) is 17.3. The van der Waals surface area contributed by atoms with Crippen LogP contribution in [0.5, 0.6) is 0 Å². The van der Waals surface area contributed by atoms with Gasteiger partial charge in [0, 0.05) is 30.9 Å². The Hall–Kier alpha value is -1.67. The summed E-state index contributed by atoms with van der Waals surface area (Å²) < 4.78 is 24.8. The van der Waals surface area contributed by atoms with Crippen LogP contribution in [0.4, 0.5) is 0 Å². The maximum atomic E-state index is 12.3. The van der Waals surface area contributed by atoms with E-state index >= 15 is 0 Å². The quantitative estimate of drug-likeness (QED) is 0.749. The van der Waals surface area contributed by atoms with E-state index in [9.17, 15) is 18.0 Å². The van der Waals surface area contributed by atoms with Crippen LogP contribution in [0.1, 0.15) is 52.4 Å². The predicted molar refractivity (Wildman–Crippen MR) is 87.2 cm³/mol. The van der Waals surface area contributed by atoms with E-state index in [1.54, 1.807) is 6.92 Å². The van der Waals surface area contributed by atoms with Gasteiger partial charge in [-0.3, -0.25) is 9.59 Å². The van der Waals surface area contributed by atoms with Gasteiger partial charge < -0.3 is 10.3 Å². The number of carbonyl (C=O) groups is 2. The summed E-state index contributed by atoms with van der Waals surface area (Å²) in [4.78, 5) is 27.0. The van der Waals surface area contributed by atoms with E-state index in [0.717, 1.165) is 0 Å². The van der Waals surface area contributed by atoms with E-state index in [0.29, 0.717) is 41.9 Å². The largest absolute Gasteiger partial charge is 0.354 e. The van der Waals surface area contributed by atoms with Gasteiger partial charge in [-0.2, -0.15) is 0 Å². The fourth-order valence-corrected chi connectivity index (χ4v) is 4.55. The Balaban J connectivity index is 2.04. The van der Waals surface area contributed by atoms with Crippen LogP contribution in [0, 0.1) is 6.92 Å². The highest BCUT2D eigenvalue weighted by atomic mass is 32.2. The first-order valence-electron chi connectivity index (χ1n) is 7.76. The van der Waals surface area contributed by atoms with Gasteiger partial charge in [0.05, 0.1) is 5.75 Å². The molecule has 0 spiro atoms. The van der Waals surface area contributed by atoms with Crippen molar-refractivity contribution in [1.29, 1.82) is 0 Å². The maximum absolute atomic E-state index is 12.3. The highest BCUT2D eigenvalue weighted by Crippen LogP contribution is 2.20. The summed E-state index contributed by atoms with van der Waals surface area (Å²) in [6, 6.07) is 0. The van der Waals surface area contributed by atoms with Crippen molar-refractivity contribution < 1.29 is 18.0 Å². The van der Waals surface area contributed by atoms with Crippen molar-refractivity contribution in [2.75, 3.05) is 25.4 Å². The fourth-order valence-electron chi connectivity index (χ4n) is 3.03. The van der Waals surface area contributed by atoms with Gasteiger partial charge >= 0.3 is 0 Å². The van der Waals surface area contributed by atoms with Crippen LogP contribution in [0.2, 0.25) is 0 Å².